The number of hydrogen-bond acceptors (Lipinski definition) is 4. The van der Waals surface area contributed by atoms with Crippen molar-refractivity contribution in [3.05, 3.63) is 96.4 Å². The van der Waals surface area contributed by atoms with Crippen molar-refractivity contribution in [2.24, 2.45) is 4.99 Å². The van der Waals surface area contributed by atoms with Crippen LogP contribution in [0.4, 0.5) is 15.8 Å². The van der Waals surface area contributed by atoms with Crippen molar-refractivity contribution in [1.82, 2.24) is 14.5 Å². The van der Waals surface area contributed by atoms with Gasteiger partial charge in [0, 0.05) is 17.9 Å². The smallest absolute Gasteiger partial charge is 0.123 e. The highest BCUT2D eigenvalue weighted by Gasteiger charge is 2.16. The fourth-order valence-corrected chi connectivity index (χ4v) is 3.79. The maximum Gasteiger partial charge on any atom is 0.123 e. The molecule has 0 saturated carbocycles. The molecule has 6 heteroatoms. The minimum absolute atomic E-state index is 0.106. The van der Waals surface area contributed by atoms with Crippen molar-refractivity contribution < 1.29 is 4.39 Å². The molecule has 0 bridgehead atoms. The third-order valence-corrected chi connectivity index (χ3v) is 5.12. The second kappa shape index (κ2) is 8.23. The van der Waals surface area contributed by atoms with E-state index in [0.29, 0.717) is 0 Å². The molecule has 32 heavy (non-hydrogen) atoms. The van der Waals surface area contributed by atoms with E-state index in [1.165, 1.54) is 12.1 Å². The van der Waals surface area contributed by atoms with E-state index in [0.717, 1.165) is 44.8 Å². The summed E-state index contributed by atoms with van der Waals surface area (Å²) in [5.74, 6) is -0.268. The van der Waals surface area contributed by atoms with Crippen LogP contribution in [0.25, 0.3) is 28.1 Å². The largest absolute Gasteiger partial charge is 0.352 e. The number of halogens is 1. The molecular formula is C26H22FN5. The van der Waals surface area contributed by atoms with Crippen molar-refractivity contribution in [2.75, 3.05) is 5.32 Å². The van der Waals surface area contributed by atoms with Gasteiger partial charge in [-0.3, -0.25) is 9.98 Å². The average Bonchev–Trinajstić information content (AvgIpc) is 2.79. The van der Waals surface area contributed by atoms with Crippen LogP contribution in [-0.2, 0) is 0 Å². The van der Waals surface area contributed by atoms with Crippen molar-refractivity contribution >= 4 is 22.4 Å². The van der Waals surface area contributed by atoms with E-state index in [4.69, 9.17) is 9.98 Å². The lowest BCUT2D eigenvalue weighted by Crippen LogP contribution is -2.16. The van der Waals surface area contributed by atoms with Crippen molar-refractivity contribution in [3.63, 3.8) is 0 Å². The van der Waals surface area contributed by atoms with Gasteiger partial charge in [-0.1, -0.05) is 12.1 Å². The zero-order valence-corrected chi connectivity index (χ0v) is 17.8. The minimum Gasteiger partial charge on any atom is -0.352 e. The number of benzene rings is 3. The molecule has 0 spiro atoms. The molecule has 3 aromatic rings. The van der Waals surface area contributed by atoms with Gasteiger partial charge in [-0.05, 0) is 74.5 Å². The molecule has 1 aromatic heterocycles. The van der Waals surface area contributed by atoms with Crippen LogP contribution in [0, 0.1) is 5.82 Å². The zero-order chi connectivity index (χ0) is 22.1. The summed E-state index contributed by atoms with van der Waals surface area (Å²) in [6, 6.07) is 22.5. The van der Waals surface area contributed by atoms with E-state index in [1.54, 1.807) is 24.5 Å². The first-order valence-corrected chi connectivity index (χ1v) is 10.5. The van der Waals surface area contributed by atoms with Crippen LogP contribution in [0.3, 0.4) is 0 Å². The summed E-state index contributed by atoms with van der Waals surface area (Å²) in [5, 5.41) is 4.25. The highest BCUT2D eigenvalue weighted by molar-refractivity contribution is 5.84. The first-order chi connectivity index (χ1) is 15.6. The fourth-order valence-electron chi connectivity index (χ4n) is 3.79. The van der Waals surface area contributed by atoms with Crippen LogP contribution in [-0.4, -0.2) is 20.6 Å². The van der Waals surface area contributed by atoms with Crippen LogP contribution in [0.2, 0.25) is 0 Å². The molecule has 0 radical (unpaired) electrons. The Hall–Kier alpha value is -4.06. The average molecular weight is 423 g/mol. The molecule has 1 aliphatic heterocycles. The number of aromatic nitrogens is 3. The van der Waals surface area contributed by atoms with Crippen LogP contribution in [0.5, 0.6) is 0 Å². The molecular weight excluding hydrogens is 401 g/mol. The van der Waals surface area contributed by atoms with E-state index in [1.807, 2.05) is 62.4 Å². The van der Waals surface area contributed by atoms with Crippen LogP contribution in [0.15, 0.2) is 90.2 Å². The molecule has 5 rings (SSSR count). The Morgan fingerprint density at radius 2 is 1.78 bits per heavy atom. The normalized spacial score (nSPS) is 12.1. The predicted molar refractivity (Wildman–Crippen MR) is 126 cm³/mol. The molecule has 0 fully saturated rings. The third-order valence-electron chi connectivity index (χ3n) is 5.12. The van der Waals surface area contributed by atoms with Gasteiger partial charge in [0.25, 0.3) is 0 Å². The number of anilines is 2. The van der Waals surface area contributed by atoms with E-state index in [2.05, 4.69) is 14.9 Å². The van der Waals surface area contributed by atoms with E-state index in [-0.39, 0.29) is 11.9 Å². The summed E-state index contributed by atoms with van der Waals surface area (Å²) in [7, 11) is 0. The van der Waals surface area contributed by atoms with Gasteiger partial charge in [-0.2, -0.15) is 0 Å². The summed E-state index contributed by atoms with van der Waals surface area (Å²) in [5.41, 5.74) is 6.08. The topological polar surface area (TPSA) is 55.1 Å². The predicted octanol–water partition coefficient (Wildman–Crippen LogP) is 5.72. The number of pyridine rings is 1. The molecule has 1 aliphatic carbocycles. The van der Waals surface area contributed by atoms with Gasteiger partial charge in [0.05, 0.1) is 45.4 Å². The van der Waals surface area contributed by atoms with Gasteiger partial charge in [0.1, 0.15) is 5.82 Å². The van der Waals surface area contributed by atoms with Gasteiger partial charge < -0.3 is 9.88 Å². The molecule has 5 nitrogen and oxygen atoms in total. The first kappa shape index (κ1) is 19.9. The number of rotatable bonds is 4. The molecule has 0 unspecified atom stereocenters. The lowest BCUT2D eigenvalue weighted by Gasteiger charge is -2.20. The molecule has 1 N–H and O–H groups in total. The summed E-state index contributed by atoms with van der Waals surface area (Å²) in [6.07, 6.45) is 3.51. The van der Waals surface area contributed by atoms with Gasteiger partial charge in [-0.25, -0.2) is 9.37 Å². The standard InChI is InChI=1S/C26H22FN5/c1-17(2)29-23-15-26-24(14-22(23)30-19-6-5-13-28-16-19)31-21-7-3-4-8-25(21)32(26)20-11-9-18(27)10-12-20/h3-17,30H,1-2H3/b29-23+. The first-order valence-electron chi connectivity index (χ1n) is 10.5. The van der Waals surface area contributed by atoms with Crippen molar-refractivity contribution in [3.8, 4) is 17.1 Å². The Labute approximate surface area is 185 Å². The summed E-state index contributed by atoms with van der Waals surface area (Å²) < 4.78 is 15.7. The lowest BCUT2D eigenvalue weighted by molar-refractivity contribution is 0.627. The van der Waals surface area contributed by atoms with Crippen LogP contribution < -0.4 is 10.7 Å². The Kier molecular flexibility index (Phi) is 5.11. The van der Waals surface area contributed by atoms with Gasteiger partial charge in [0.2, 0.25) is 0 Å². The Morgan fingerprint density at radius 1 is 0.969 bits per heavy atom. The van der Waals surface area contributed by atoms with Gasteiger partial charge in [-0.15, -0.1) is 0 Å². The number of nitrogens with one attached hydrogen (secondary N) is 1. The summed E-state index contributed by atoms with van der Waals surface area (Å²) in [4.78, 5) is 14.0. The maximum absolute atomic E-state index is 13.6. The summed E-state index contributed by atoms with van der Waals surface area (Å²) in [6.45, 7) is 4.09. The molecule has 2 aromatic carbocycles. The molecule has 2 aliphatic rings. The molecule has 2 heterocycles. The molecule has 0 saturated heterocycles. The molecule has 0 amide bonds. The fraction of sp³-hybridized carbons (Fsp3) is 0.115. The van der Waals surface area contributed by atoms with Crippen molar-refractivity contribution in [2.45, 2.75) is 19.9 Å². The highest BCUT2D eigenvalue weighted by atomic mass is 19.1. The summed E-state index contributed by atoms with van der Waals surface area (Å²) >= 11 is 0. The Bertz CT molecular complexity index is 1420. The van der Waals surface area contributed by atoms with Crippen LogP contribution in [0.1, 0.15) is 13.8 Å². The zero-order valence-electron chi connectivity index (χ0n) is 17.8. The lowest BCUT2D eigenvalue weighted by atomic mass is 10.1. The number of para-hydroxylation sites is 2. The van der Waals surface area contributed by atoms with E-state index >= 15 is 0 Å². The van der Waals surface area contributed by atoms with Gasteiger partial charge in [0.15, 0.2) is 0 Å². The van der Waals surface area contributed by atoms with E-state index < -0.39 is 0 Å². The SMILES string of the molecule is CC(C)/N=c1\cc2n(-c3ccc(F)cc3)c3ccccc3nc-2cc1Nc1cccnc1. The maximum atomic E-state index is 13.6. The monoisotopic (exact) mass is 423 g/mol. The van der Waals surface area contributed by atoms with Crippen LogP contribution >= 0.6 is 0 Å². The Balaban J connectivity index is 1.83. The quantitative estimate of drug-likeness (QED) is 0.376. The van der Waals surface area contributed by atoms with Gasteiger partial charge >= 0.3 is 0 Å². The second-order valence-electron chi connectivity index (χ2n) is 7.86. The second-order valence-corrected chi connectivity index (χ2v) is 7.86. The third kappa shape index (κ3) is 3.83. The highest BCUT2D eigenvalue weighted by Crippen LogP contribution is 2.30. The molecule has 158 valence electrons. The van der Waals surface area contributed by atoms with E-state index in [9.17, 15) is 4.39 Å². The van der Waals surface area contributed by atoms with Crippen molar-refractivity contribution in [1.29, 1.82) is 0 Å². The number of fused-ring (bicyclic) bond motifs is 2. The molecule has 0 atom stereocenters. The Morgan fingerprint density at radius 3 is 2.53 bits per heavy atom. The number of nitrogens with zero attached hydrogens (tertiary/aromatic N) is 4. The minimum atomic E-state index is -0.268. The number of hydrogen-bond donors (Lipinski definition) is 1.